The molecular formula is C30H38O5. The fraction of sp³-hybridized carbons (Fsp3) is 0.367. The van der Waals surface area contributed by atoms with E-state index in [4.69, 9.17) is 0 Å². The zero-order valence-corrected chi connectivity index (χ0v) is 21.5. The third-order valence-corrected chi connectivity index (χ3v) is 5.90. The zero-order valence-electron chi connectivity index (χ0n) is 21.5. The summed E-state index contributed by atoms with van der Waals surface area (Å²) in [6.07, 6.45) is 9.18. The maximum atomic E-state index is 13.0. The third-order valence-electron chi connectivity index (χ3n) is 5.90. The maximum absolute atomic E-state index is 13.0. The van der Waals surface area contributed by atoms with Gasteiger partial charge in [-0.25, -0.2) is 0 Å². The molecule has 0 atom stereocenters. The average molecular weight is 479 g/mol. The summed E-state index contributed by atoms with van der Waals surface area (Å²) < 4.78 is 0. The van der Waals surface area contributed by atoms with Crippen LogP contribution in [0.1, 0.15) is 80.9 Å². The quantitative estimate of drug-likeness (QED) is 0.205. The molecule has 35 heavy (non-hydrogen) atoms. The van der Waals surface area contributed by atoms with E-state index in [1.54, 1.807) is 12.1 Å². The molecule has 2 rings (SSSR count). The summed E-state index contributed by atoms with van der Waals surface area (Å²) in [5, 5.41) is 41.5. The van der Waals surface area contributed by atoms with E-state index >= 15 is 0 Å². The number of phenols is 4. The van der Waals surface area contributed by atoms with E-state index in [1.807, 2.05) is 39.0 Å². The number of carbonyl (C=O) groups is 1. The third kappa shape index (κ3) is 8.36. The lowest BCUT2D eigenvalue weighted by molar-refractivity contribution is 0.0977. The summed E-state index contributed by atoms with van der Waals surface area (Å²) in [5.74, 6) is -1.26. The molecule has 0 saturated heterocycles. The van der Waals surface area contributed by atoms with Crippen LogP contribution in [-0.4, -0.2) is 26.2 Å². The highest BCUT2D eigenvalue weighted by atomic mass is 16.3. The Morgan fingerprint density at radius 2 is 1.46 bits per heavy atom. The van der Waals surface area contributed by atoms with Gasteiger partial charge in [-0.05, 0) is 83.9 Å². The normalized spacial score (nSPS) is 11.3. The number of allylic oxidation sites excluding steroid dienone is 6. The Kier molecular flexibility index (Phi) is 10.2. The van der Waals surface area contributed by atoms with Gasteiger partial charge in [0.2, 0.25) is 0 Å². The van der Waals surface area contributed by atoms with Gasteiger partial charge >= 0.3 is 0 Å². The van der Waals surface area contributed by atoms with Crippen molar-refractivity contribution in [1.29, 1.82) is 0 Å². The number of carbonyl (C=O) groups excluding carboxylic acids is 1. The van der Waals surface area contributed by atoms with Gasteiger partial charge in [-0.2, -0.15) is 0 Å². The molecule has 0 aliphatic rings. The predicted octanol–water partition coefficient (Wildman–Crippen LogP) is 7.07. The van der Waals surface area contributed by atoms with Crippen molar-refractivity contribution in [2.45, 2.75) is 73.1 Å². The van der Waals surface area contributed by atoms with Gasteiger partial charge in [-0.3, -0.25) is 4.79 Å². The second-order valence-corrected chi connectivity index (χ2v) is 9.56. The highest BCUT2D eigenvalue weighted by Gasteiger charge is 2.22. The molecule has 188 valence electrons. The number of phenolic OH excluding ortho intramolecular Hbond substituents is 4. The first kappa shape index (κ1) is 27.8. The topological polar surface area (TPSA) is 98.0 Å². The summed E-state index contributed by atoms with van der Waals surface area (Å²) in [6.45, 7) is 10.1. The largest absolute Gasteiger partial charge is 0.508 e. The second-order valence-electron chi connectivity index (χ2n) is 9.56. The Morgan fingerprint density at radius 1 is 0.771 bits per heavy atom. The molecule has 0 fully saturated rings. The van der Waals surface area contributed by atoms with Gasteiger partial charge in [0.25, 0.3) is 0 Å². The van der Waals surface area contributed by atoms with Gasteiger partial charge < -0.3 is 20.4 Å². The SMILES string of the molecule is CC(C)=CCCC(C)=CCc1c(O)cc(O)c(C(=O)CCc2ccc(O)c(CC=C(C)C)c2)c1O. The molecule has 0 aliphatic heterocycles. The van der Waals surface area contributed by atoms with E-state index in [9.17, 15) is 25.2 Å². The number of rotatable bonds is 11. The van der Waals surface area contributed by atoms with Crippen molar-refractivity contribution in [1.82, 2.24) is 0 Å². The van der Waals surface area contributed by atoms with Crippen molar-refractivity contribution in [2.75, 3.05) is 0 Å². The minimum absolute atomic E-state index is 0.0652. The standard InChI is InChI=1S/C30H38O5/c1-19(2)7-6-8-21(5)10-14-24-27(33)18-28(34)29(30(24)35)26(32)16-12-22-11-15-25(31)23(17-22)13-9-20(3)4/h7,9-11,15,17-18,31,33-35H,6,8,12-14,16H2,1-5H3. The molecule has 0 unspecified atom stereocenters. The molecule has 4 N–H and O–H groups in total. The van der Waals surface area contributed by atoms with Crippen LogP contribution in [0.2, 0.25) is 0 Å². The minimum atomic E-state index is -0.437. The van der Waals surface area contributed by atoms with Crippen LogP contribution in [0.25, 0.3) is 0 Å². The summed E-state index contributed by atoms with van der Waals surface area (Å²) >= 11 is 0. The number of aryl methyl sites for hydroxylation is 1. The van der Waals surface area contributed by atoms with Crippen LogP contribution in [0.5, 0.6) is 23.0 Å². The second kappa shape index (κ2) is 12.8. The Bertz CT molecular complexity index is 1140. The summed E-state index contributed by atoms with van der Waals surface area (Å²) in [5.41, 5.74) is 5.22. The smallest absolute Gasteiger partial charge is 0.170 e. The van der Waals surface area contributed by atoms with Crippen LogP contribution in [0.3, 0.4) is 0 Å². The van der Waals surface area contributed by atoms with Crippen molar-refractivity contribution >= 4 is 5.78 Å². The van der Waals surface area contributed by atoms with Gasteiger partial charge in [0, 0.05) is 18.1 Å². The van der Waals surface area contributed by atoms with E-state index in [2.05, 4.69) is 19.9 Å². The molecule has 0 radical (unpaired) electrons. The van der Waals surface area contributed by atoms with Crippen LogP contribution in [0, 0.1) is 0 Å². The molecule has 0 heterocycles. The van der Waals surface area contributed by atoms with Crippen molar-refractivity contribution in [3.05, 3.63) is 81.5 Å². The van der Waals surface area contributed by atoms with Crippen molar-refractivity contribution < 1.29 is 25.2 Å². The van der Waals surface area contributed by atoms with Crippen LogP contribution in [0.4, 0.5) is 0 Å². The molecule has 5 heteroatoms. The fourth-order valence-electron chi connectivity index (χ4n) is 3.78. The lowest BCUT2D eigenvalue weighted by atomic mass is 9.95. The monoisotopic (exact) mass is 478 g/mol. The zero-order chi connectivity index (χ0) is 26.1. The Labute approximate surface area is 208 Å². The maximum Gasteiger partial charge on any atom is 0.170 e. The lowest BCUT2D eigenvalue weighted by Crippen LogP contribution is -2.04. The summed E-state index contributed by atoms with van der Waals surface area (Å²) in [7, 11) is 0. The van der Waals surface area contributed by atoms with E-state index in [0.717, 1.165) is 41.2 Å². The van der Waals surface area contributed by atoms with Crippen LogP contribution < -0.4 is 0 Å². The summed E-state index contributed by atoms with van der Waals surface area (Å²) in [4.78, 5) is 13.0. The molecule has 5 nitrogen and oxygen atoms in total. The number of hydrogen-bond donors (Lipinski definition) is 4. The molecule has 0 aromatic heterocycles. The van der Waals surface area contributed by atoms with E-state index < -0.39 is 11.5 Å². The van der Waals surface area contributed by atoms with Gasteiger partial charge in [-0.1, -0.05) is 47.1 Å². The Hall–Kier alpha value is -3.47. The van der Waals surface area contributed by atoms with Gasteiger partial charge in [-0.15, -0.1) is 0 Å². The highest BCUT2D eigenvalue weighted by molar-refractivity contribution is 6.02. The summed E-state index contributed by atoms with van der Waals surface area (Å²) in [6, 6.07) is 6.37. The highest BCUT2D eigenvalue weighted by Crippen LogP contribution is 2.39. The average Bonchev–Trinajstić information content (AvgIpc) is 2.76. The number of ketones is 1. The van der Waals surface area contributed by atoms with Gasteiger partial charge in [0.15, 0.2) is 5.78 Å². The van der Waals surface area contributed by atoms with E-state index in [0.29, 0.717) is 12.8 Å². The van der Waals surface area contributed by atoms with Gasteiger partial charge in [0.1, 0.15) is 28.6 Å². The first-order valence-corrected chi connectivity index (χ1v) is 12.0. The molecule has 0 amide bonds. The van der Waals surface area contributed by atoms with Crippen molar-refractivity contribution in [3.63, 3.8) is 0 Å². The van der Waals surface area contributed by atoms with Crippen LogP contribution in [-0.2, 0) is 19.3 Å². The predicted molar refractivity (Wildman–Crippen MR) is 141 cm³/mol. The Morgan fingerprint density at radius 3 is 2.11 bits per heavy atom. The van der Waals surface area contributed by atoms with E-state index in [-0.39, 0.29) is 41.2 Å². The molecule has 2 aromatic rings. The Balaban J connectivity index is 2.17. The molecule has 0 aliphatic carbocycles. The van der Waals surface area contributed by atoms with Crippen molar-refractivity contribution in [3.8, 4) is 23.0 Å². The van der Waals surface area contributed by atoms with Crippen LogP contribution in [0.15, 0.2) is 59.2 Å². The van der Waals surface area contributed by atoms with Crippen LogP contribution >= 0.6 is 0 Å². The fourth-order valence-corrected chi connectivity index (χ4v) is 3.78. The molecular weight excluding hydrogens is 440 g/mol. The molecule has 0 saturated carbocycles. The van der Waals surface area contributed by atoms with Gasteiger partial charge in [0.05, 0.1) is 0 Å². The number of hydrogen-bond acceptors (Lipinski definition) is 5. The first-order valence-electron chi connectivity index (χ1n) is 12.0. The number of aromatic hydroxyl groups is 4. The first-order chi connectivity index (χ1) is 16.5. The van der Waals surface area contributed by atoms with Crippen molar-refractivity contribution in [2.24, 2.45) is 0 Å². The van der Waals surface area contributed by atoms with E-state index in [1.165, 1.54) is 5.57 Å². The number of Topliss-reactive ketones (excluding diaryl/α,β-unsaturated/α-hetero) is 1. The molecule has 0 spiro atoms. The lowest BCUT2D eigenvalue weighted by Gasteiger charge is -2.13. The number of benzene rings is 2. The molecule has 0 bridgehead atoms. The minimum Gasteiger partial charge on any atom is -0.508 e. The molecule has 2 aromatic carbocycles.